The molecule has 0 atom stereocenters. The predicted octanol–water partition coefficient (Wildman–Crippen LogP) is 5.57. The van der Waals surface area contributed by atoms with Gasteiger partial charge < -0.3 is 14.2 Å². The van der Waals surface area contributed by atoms with Crippen LogP contribution in [-0.2, 0) is 0 Å². The van der Waals surface area contributed by atoms with Gasteiger partial charge in [-0.15, -0.1) is 6.58 Å². The number of nitrogens with zero attached hydrogens (tertiary/aromatic N) is 2. The fraction of sp³-hybridized carbons (Fsp3) is 0.280. The number of ether oxygens (including phenoxy) is 3. The molecule has 0 spiro atoms. The summed E-state index contributed by atoms with van der Waals surface area (Å²) < 4.78 is 16.1. The molecule has 0 saturated heterocycles. The fourth-order valence-electron chi connectivity index (χ4n) is 2.96. The molecule has 5 nitrogen and oxygen atoms in total. The number of methoxy groups -OCH3 is 3. The molecule has 0 N–H and O–H groups in total. The summed E-state index contributed by atoms with van der Waals surface area (Å²) in [5, 5.41) is 9.85. The monoisotopic (exact) mass is 404 g/mol. The summed E-state index contributed by atoms with van der Waals surface area (Å²) in [6.45, 7) is 4.32. The Labute approximate surface area is 178 Å². The Bertz CT molecular complexity index is 955. The van der Waals surface area contributed by atoms with Crippen molar-refractivity contribution in [2.45, 2.75) is 19.3 Å². The van der Waals surface area contributed by atoms with Crippen LogP contribution in [0.5, 0.6) is 17.2 Å². The third-order valence-electron chi connectivity index (χ3n) is 4.55. The zero-order valence-corrected chi connectivity index (χ0v) is 17.9. The van der Waals surface area contributed by atoms with Gasteiger partial charge in [-0.3, -0.25) is 4.99 Å². The van der Waals surface area contributed by atoms with Crippen LogP contribution in [0.4, 0.5) is 0 Å². The van der Waals surface area contributed by atoms with Crippen molar-refractivity contribution in [1.82, 2.24) is 0 Å². The lowest BCUT2D eigenvalue weighted by molar-refractivity contribution is 0.355. The molecule has 5 heteroatoms. The van der Waals surface area contributed by atoms with Crippen LogP contribution in [0.3, 0.4) is 0 Å². The summed E-state index contributed by atoms with van der Waals surface area (Å²) in [4.78, 5) is 4.58. The van der Waals surface area contributed by atoms with Crippen molar-refractivity contribution in [3.05, 3.63) is 66.2 Å². The molecule has 0 aliphatic heterocycles. The molecule has 30 heavy (non-hydrogen) atoms. The summed E-state index contributed by atoms with van der Waals surface area (Å²) in [5.74, 6) is 1.96. The van der Waals surface area contributed by atoms with Gasteiger partial charge >= 0.3 is 0 Å². The number of hydrogen-bond acceptors (Lipinski definition) is 5. The van der Waals surface area contributed by atoms with Crippen LogP contribution in [0.15, 0.2) is 60.1 Å². The number of hydrogen-bond donors (Lipinski definition) is 0. The van der Waals surface area contributed by atoms with Gasteiger partial charge in [-0.25, -0.2) is 0 Å². The lowest BCUT2D eigenvalue weighted by Gasteiger charge is -2.12. The molecule has 0 unspecified atom stereocenters. The number of benzene rings is 2. The van der Waals surface area contributed by atoms with E-state index in [-0.39, 0.29) is 0 Å². The minimum Gasteiger partial charge on any atom is -0.497 e. The van der Waals surface area contributed by atoms with Gasteiger partial charge in [-0.1, -0.05) is 24.3 Å². The van der Waals surface area contributed by atoms with E-state index in [1.165, 1.54) is 0 Å². The standard InChI is InChI=1S/C25H28N2O3/c1-5-6-7-8-14-27-23(18-26)22(16-19-10-9-11-21(15-19)28-2)20-12-13-24(29-3)25(17-20)30-4/h5,9-13,15-17H,1,6-8,14H2,2-4H3/b22-16+,27-23-. The molecule has 0 radical (unpaired) electrons. The molecular weight excluding hydrogens is 376 g/mol. The zero-order chi connectivity index (χ0) is 21.8. The van der Waals surface area contributed by atoms with Crippen molar-refractivity contribution in [2.24, 2.45) is 4.99 Å². The van der Waals surface area contributed by atoms with Crippen LogP contribution in [0, 0.1) is 11.3 Å². The molecule has 0 heterocycles. The van der Waals surface area contributed by atoms with Crippen molar-refractivity contribution in [3.8, 4) is 23.3 Å². The SMILES string of the molecule is C=CCCCC/N=C(C#N)\C(=C\c1cccc(OC)c1)c1ccc(OC)c(OC)c1. The highest BCUT2D eigenvalue weighted by Crippen LogP contribution is 2.32. The Hall–Kier alpha value is -3.52. The highest BCUT2D eigenvalue weighted by atomic mass is 16.5. The first-order valence-corrected chi connectivity index (χ1v) is 9.80. The van der Waals surface area contributed by atoms with Gasteiger partial charge in [0.25, 0.3) is 0 Å². The Balaban J connectivity index is 2.51. The summed E-state index contributed by atoms with van der Waals surface area (Å²) in [7, 11) is 4.81. The second kappa shape index (κ2) is 12.1. The van der Waals surface area contributed by atoms with E-state index in [2.05, 4.69) is 17.6 Å². The Morgan fingerprint density at radius 1 is 1.03 bits per heavy atom. The van der Waals surface area contributed by atoms with E-state index < -0.39 is 0 Å². The summed E-state index contributed by atoms with van der Waals surface area (Å²) in [5.41, 5.74) is 2.83. The maximum atomic E-state index is 9.85. The second-order valence-corrected chi connectivity index (χ2v) is 6.53. The number of aliphatic imine (C=N–C) groups is 1. The summed E-state index contributed by atoms with van der Waals surface area (Å²) in [6.07, 6.45) is 6.68. The van der Waals surface area contributed by atoms with Gasteiger partial charge in [0.2, 0.25) is 0 Å². The number of unbranched alkanes of at least 4 members (excludes halogenated alkanes) is 2. The maximum absolute atomic E-state index is 9.85. The van der Waals surface area contributed by atoms with E-state index in [1.807, 2.05) is 54.6 Å². The van der Waals surface area contributed by atoms with E-state index in [9.17, 15) is 5.26 Å². The predicted molar refractivity (Wildman–Crippen MR) is 122 cm³/mol. The van der Waals surface area contributed by atoms with Crippen LogP contribution in [-0.4, -0.2) is 33.6 Å². The first-order chi connectivity index (χ1) is 14.7. The van der Waals surface area contributed by atoms with Crippen LogP contribution in [0.2, 0.25) is 0 Å². The minimum atomic E-state index is 0.378. The third-order valence-corrected chi connectivity index (χ3v) is 4.55. The largest absolute Gasteiger partial charge is 0.497 e. The summed E-state index contributed by atoms with van der Waals surface area (Å²) in [6, 6.07) is 15.5. The lowest BCUT2D eigenvalue weighted by Crippen LogP contribution is -2.02. The Morgan fingerprint density at radius 2 is 1.83 bits per heavy atom. The molecule has 0 aliphatic rings. The van der Waals surface area contributed by atoms with Gasteiger partial charge in [0.05, 0.1) is 21.3 Å². The van der Waals surface area contributed by atoms with Crippen LogP contribution in [0.25, 0.3) is 11.6 Å². The van der Waals surface area contributed by atoms with Crippen molar-refractivity contribution in [2.75, 3.05) is 27.9 Å². The molecule has 2 aromatic rings. The molecule has 2 rings (SSSR count). The molecular formula is C25H28N2O3. The topological polar surface area (TPSA) is 63.8 Å². The molecule has 156 valence electrons. The highest BCUT2D eigenvalue weighted by Gasteiger charge is 2.14. The van der Waals surface area contributed by atoms with Crippen LogP contribution < -0.4 is 14.2 Å². The molecule has 0 bridgehead atoms. The molecule has 2 aromatic carbocycles. The number of allylic oxidation sites excluding steroid dienone is 2. The molecule has 0 fully saturated rings. The highest BCUT2D eigenvalue weighted by molar-refractivity contribution is 6.34. The average molecular weight is 405 g/mol. The minimum absolute atomic E-state index is 0.378. The second-order valence-electron chi connectivity index (χ2n) is 6.53. The van der Waals surface area contributed by atoms with Crippen molar-refractivity contribution in [3.63, 3.8) is 0 Å². The first-order valence-electron chi connectivity index (χ1n) is 9.80. The van der Waals surface area contributed by atoms with E-state index in [1.54, 1.807) is 21.3 Å². The van der Waals surface area contributed by atoms with E-state index >= 15 is 0 Å². The van der Waals surface area contributed by atoms with Crippen LogP contribution in [0.1, 0.15) is 30.4 Å². The molecule has 0 amide bonds. The van der Waals surface area contributed by atoms with Gasteiger partial charge in [-0.05, 0) is 60.7 Å². The van der Waals surface area contributed by atoms with Gasteiger partial charge in [0.15, 0.2) is 11.5 Å². The van der Waals surface area contributed by atoms with Crippen molar-refractivity contribution in [1.29, 1.82) is 5.26 Å². The normalized spacial score (nSPS) is 11.5. The number of nitriles is 1. The molecule has 0 saturated carbocycles. The maximum Gasteiger partial charge on any atom is 0.161 e. The van der Waals surface area contributed by atoms with E-state index in [0.717, 1.165) is 41.7 Å². The fourth-order valence-corrected chi connectivity index (χ4v) is 2.96. The van der Waals surface area contributed by atoms with Crippen molar-refractivity contribution < 1.29 is 14.2 Å². The average Bonchev–Trinajstić information content (AvgIpc) is 2.80. The van der Waals surface area contributed by atoms with E-state index in [0.29, 0.717) is 23.8 Å². The van der Waals surface area contributed by atoms with E-state index in [4.69, 9.17) is 14.2 Å². The Kier molecular flexibility index (Phi) is 9.20. The van der Waals surface area contributed by atoms with Gasteiger partial charge in [0.1, 0.15) is 17.5 Å². The lowest BCUT2D eigenvalue weighted by atomic mass is 9.98. The molecule has 0 aromatic heterocycles. The molecule has 0 aliphatic carbocycles. The van der Waals surface area contributed by atoms with Gasteiger partial charge in [0, 0.05) is 12.1 Å². The zero-order valence-electron chi connectivity index (χ0n) is 17.9. The number of rotatable bonds is 11. The van der Waals surface area contributed by atoms with Crippen LogP contribution >= 0.6 is 0 Å². The van der Waals surface area contributed by atoms with Crippen molar-refractivity contribution >= 4 is 17.4 Å². The smallest absolute Gasteiger partial charge is 0.161 e. The third kappa shape index (κ3) is 6.25. The van der Waals surface area contributed by atoms with Gasteiger partial charge in [-0.2, -0.15) is 5.26 Å². The Morgan fingerprint density at radius 3 is 2.50 bits per heavy atom. The summed E-state index contributed by atoms with van der Waals surface area (Å²) >= 11 is 0. The first kappa shape index (κ1) is 22.8. The quantitative estimate of drug-likeness (QED) is 0.212.